The maximum atomic E-state index is 5.94. The average Bonchev–Trinajstić information content (AvgIpc) is 2.77. The van der Waals surface area contributed by atoms with E-state index in [1.165, 1.54) is 5.56 Å². The molecule has 0 saturated carbocycles. The fourth-order valence-corrected chi connectivity index (χ4v) is 1.84. The number of rotatable bonds is 5. The summed E-state index contributed by atoms with van der Waals surface area (Å²) < 4.78 is 7.74. The summed E-state index contributed by atoms with van der Waals surface area (Å²) in [5.74, 6) is 1.75. The molecule has 2 rings (SSSR count). The Morgan fingerprint density at radius 3 is 2.83 bits per heavy atom. The van der Waals surface area contributed by atoms with Gasteiger partial charge in [-0.15, -0.1) is 0 Å². The van der Waals surface area contributed by atoms with E-state index < -0.39 is 0 Å². The molecular weight excluding hydrogens is 226 g/mol. The summed E-state index contributed by atoms with van der Waals surface area (Å²) in [5, 5.41) is 0. The van der Waals surface area contributed by atoms with Crippen LogP contribution in [0.5, 0.6) is 5.75 Å². The Kier molecular flexibility index (Phi) is 3.87. The molecule has 0 radical (unpaired) electrons. The molecule has 0 spiro atoms. The second kappa shape index (κ2) is 5.58. The highest BCUT2D eigenvalue weighted by Gasteiger charge is 2.02. The fraction of sp³-hybridized carbons (Fsp3) is 0.357. The smallest absolute Gasteiger partial charge is 0.142 e. The Bertz CT molecular complexity index is 520. The molecular formula is C14H19N3O. The molecule has 1 aromatic heterocycles. The maximum Gasteiger partial charge on any atom is 0.142 e. The highest BCUT2D eigenvalue weighted by Crippen LogP contribution is 2.22. The van der Waals surface area contributed by atoms with Gasteiger partial charge < -0.3 is 15.0 Å². The van der Waals surface area contributed by atoms with Crippen LogP contribution in [0.15, 0.2) is 30.6 Å². The first-order valence-corrected chi connectivity index (χ1v) is 6.19. The van der Waals surface area contributed by atoms with E-state index in [1.807, 2.05) is 31.3 Å². The molecule has 4 nitrogen and oxygen atoms in total. The monoisotopic (exact) mass is 245 g/mol. The molecule has 0 atom stereocenters. The largest absolute Gasteiger partial charge is 0.490 e. The van der Waals surface area contributed by atoms with Gasteiger partial charge in [-0.1, -0.05) is 13.0 Å². The molecule has 96 valence electrons. The molecule has 0 fully saturated rings. The van der Waals surface area contributed by atoms with E-state index in [0.29, 0.717) is 12.3 Å². The number of benzene rings is 1. The number of hydrogen-bond donors (Lipinski definition) is 1. The average molecular weight is 245 g/mol. The molecule has 0 aliphatic heterocycles. The van der Waals surface area contributed by atoms with Crippen molar-refractivity contribution in [2.45, 2.75) is 26.8 Å². The highest BCUT2D eigenvalue weighted by molar-refractivity contribution is 5.54. The molecule has 18 heavy (non-hydrogen) atoms. The van der Waals surface area contributed by atoms with E-state index in [9.17, 15) is 0 Å². The van der Waals surface area contributed by atoms with Crippen molar-refractivity contribution in [1.29, 1.82) is 0 Å². The van der Waals surface area contributed by atoms with Crippen molar-refractivity contribution < 1.29 is 4.74 Å². The van der Waals surface area contributed by atoms with E-state index in [1.54, 1.807) is 6.20 Å². The maximum absolute atomic E-state index is 5.94. The van der Waals surface area contributed by atoms with Crippen LogP contribution in [0.2, 0.25) is 0 Å². The summed E-state index contributed by atoms with van der Waals surface area (Å²) in [4.78, 5) is 4.17. The number of nitrogens with two attached hydrogens (primary N) is 1. The molecule has 1 aromatic carbocycles. The topological polar surface area (TPSA) is 53.1 Å². The zero-order valence-electron chi connectivity index (χ0n) is 10.9. The minimum atomic E-state index is 0.590. The molecule has 0 amide bonds. The predicted molar refractivity (Wildman–Crippen MR) is 72.7 cm³/mol. The number of aryl methyl sites for hydroxylation is 2. The van der Waals surface area contributed by atoms with Gasteiger partial charge in [-0.2, -0.15) is 0 Å². The van der Waals surface area contributed by atoms with Gasteiger partial charge in [0.05, 0.1) is 12.2 Å². The van der Waals surface area contributed by atoms with Crippen LogP contribution in [0.25, 0.3) is 0 Å². The second-order valence-corrected chi connectivity index (χ2v) is 4.24. The lowest BCUT2D eigenvalue weighted by Gasteiger charge is -2.11. The van der Waals surface area contributed by atoms with Crippen molar-refractivity contribution >= 4 is 5.69 Å². The van der Waals surface area contributed by atoms with E-state index >= 15 is 0 Å². The Morgan fingerprint density at radius 2 is 2.22 bits per heavy atom. The molecule has 0 bridgehead atoms. The van der Waals surface area contributed by atoms with Crippen molar-refractivity contribution in [2.75, 3.05) is 12.3 Å². The van der Waals surface area contributed by atoms with Crippen LogP contribution in [-0.2, 0) is 13.0 Å². The summed E-state index contributed by atoms with van der Waals surface area (Å²) in [7, 11) is 0. The molecule has 0 aliphatic rings. The molecule has 2 N–H and O–H groups in total. The van der Waals surface area contributed by atoms with E-state index in [0.717, 1.165) is 24.5 Å². The van der Waals surface area contributed by atoms with E-state index in [-0.39, 0.29) is 0 Å². The van der Waals surface area contributed by atoms with Gasteiger partial charge in [-0.25, -0.2) is 4.98 Å². The van der Waals surface area contributed by atoms with Gasteiger partial charge in [0.15, 0.2) is 0 Å². The van der Waals surface area contributed by atoms with Crippen LogP contribution >= 0.6 is 0 Å². The third-order valence-corrected chi connectivity index (χ3v) is 3.00. The first-order chi connectivity index (χ1) is 8.70. The van der Waals surface area contributed by atoms with Crippen molar-refractivity contribution in [2.24, 2.45) is 0 Å². The highest BCUT2D eigenvalue weighted by atomic mass is 16.5. The summed E-state index contributed by atoms with van der Waals surface area (Å²) >= 11 is 0. The van der Waals surface area contributed by atoms with Crippen LogP contribution in [0.1, 0.15) is 18.3 Å². The van der Waals surface area contributed by atoms with Gasteiger partial charge in [0, 0.05) is 12.4 Å². The van der Waals surface area contributed by atoms with Crippen molar-refractivity contribution in [3.63, 3.8) is 0 Å². The number of hydrogen-bond acceptors (Lipinski definition) is 3. The molecule has 0 unspecified atom stereocenters. The van der Waals surface area contributed by atoms with Gasteiger partial charge in [0.25, 0.3) is 0 Å². The van der Waals surface area contributed by atoms with Crippen LogP contribution in [0, 0.1) is 6.92 Å². The van der Waals surface area contributed by atoms with Crippen molar-refractivity contribution in [3.05, 3.63) is 42.0 Å². The van der Waals surface area contributed by atoms with Crippen LogP contribution < -0.4 is 10.5 Å². The van der Waals surface area contributed by atoms with Gasteiger partial charge in [-0.05, 0) is 31.0 Å². The third kappa shape index (κ3) is 2.83. The summed E-state index contributed by atoms with van der Waals surface area (Å²) in [6.45, 7) is 5.45. The Labute approximate surface area is 107 Å². The predicted octanol–water partition coefficient (Wildman–Crippen LogP) is 2.42. The van der Waals surface area contributed by atoms with Gasteiger partial charge in [0.1, 0.15) is 18.2 Å². The Hall–Kier alpha value is -1.97. The lowest BCUT2D eigenvalue weighted by molar-refractivity contribution is 0.298. The lowest BCUT2D eigenvalue weighted by Crippen LogP contribution is -2.09. The van der Waals surface area contributed by atoms with Crippen LogP contribution in [-0.4, -0.2) is 16.2 Å². The normalized spacial score (nSPS) is 10.6. The lowest BCUT2D eigenvalue weighted by atomic mass is 10.1. The van der Waals surface area contributed by atoms with Gasteiger partial charge >= 0.3 is 0 Å². The number of imidazole rings is 1. The van der Waals surface area contributed by atoms with E-state index in [4.69, 9.17) is 10.5 Å². The molecule has 4 heteroatoms. The first-order valence-electron chi connectivity index (χ1n) is 6.19. The zero-order valence-corrected chi connectivity index (χ0v) is 10.9. The Morgan fingerprint density at radius 1 is 1.39 bits per heavy atom. The van der Waals surface area contributed by atoms with Crippen LogP contribution in [0.3, 0.4) is 0 Å². The Balaban J connectivity index is 1.92. The standard InChI is InChI=1S/C14H19N3O/c1-3-12-4-5-14(13(15)10-12)18-9-8-17-7-6-16-11(17)2/h4-7,10H,3,8-9,15H2,1-2H3. The van der Waals surface area contributed by atoms with E-state index in [2.05, 4.69) is 16.5 Å². The van der Waals surface area contributed by atoms with Gasteiger partial charge in [0.2, 0.25) is 0 Å². The zero-order chi connectivity index (χ0) is 13.0. The second-order valence-electron chi connectivity index (χ2n) is 4.24. The first kappa shape index (κ1) is 12.5. The number of nitrogen functional groups attached to an aromatic ring is 1. The number of anilines is 1. The number of aromatic nitrogens is 2. The van der Waals surface area contributed by atoms with Crippen LogP contribution in [0.4, 0.5) is 5.69 Å². The summed E-state index contributed by atoms with van der Waals surface area (Å²) in [5.41, 5.74) is 7.87. The summed E-state index contributed by atoms with van der Waals surface area (Å²) in [6.07, 6.45) is 4.72. The number of nitrogens with zero attached hydrogens (tertiary/aromatic N) is 2. The molecule has 0 aliphatic carbocycles. The molecule has 2 aromatic rings. The molecule has 0 saturated heterocycles. The quantitative estimate of drug-likeness (QED) is 0.823. The third-order valence-electron chi connectivity index (χ3n) is 3.00. The SMILES string of the molecule is CCc1ccc(OCCn2ccnc2C)c(N)c1. The van der Waals surface area contributed by atoms with Gasteiger partial charge in [-0.3, -0.25) is 0 Å². The fourth-order valence-electron chi connectivity index (χ4n) is 1.84. The van der Waals surface area contributed by atoms with Crippen molar-refractivity contribution in [3.8, 4) is 5.75 Å². The van der Waals surface area contributed by atoms with Crippen molar-refractivity contribution in [1.82, 2.24) is 9.55 Å². The molecule has 1 heterocycles. The summed E-state index contributed by atoms with van der Waals surface area (Å²) in [6, 6.07) is 5.96. The minimum absolute atomic E-state index is 0.590. The minimum Gasteiger partial charge on any atom is -0.490 e. The number of ether oxygens (including phenoxy) is 1.